The molecule has 1 aliphatic heterocycles. The van der Waals surface area contributed by atoms with Gasteiger partial charge < -0.3 is 14.5 Å². The van der Waals surface area contributed by atoms with Crippen molar-refractivity contribution in [3.63, 3.8) is 0 Å². The van der Waals surface area contributed by atoms with Crippen LogP contribution in [0.4, 0.5) is 19.0 Å². The molecule has 2 aromatic rings. The molecule has 1 amide bonds. The summed E-state index contributed by atoms with van der Waals surface area (Å²) in [6.45, 7) is 2.10. The number of benzene rings is 1. The maximum atomic E-state index is 12.6. The van der Waals surface area contributed by atoms with E-state index in [0.717, 1.165) is 22.9 Å². The molecule has 0 saturated carbocycles. The molecule has 1 fully saturated rings. The third-order valence-corrected chi connectivity index (χ3v) is 5.41. The smallest absolute Gasteiger partial charge is 0.417 e. The van der Waals surface area contributed by atoms with E-state index in [4.69, 9.17) is 4.74 Å². The Hall–Kier alpha value is -2.42. The van der Waals surface area contributed by atoms with Gasteiger partial charge in [0.1, 0.15) is 11.6 Å². The summed E-state index contributed by atoms with van der Waals surface area (Å²) in [7, 11) is 1.60. The second-order valence-corrected chi connectivity index (χ2v) is 7.29. The van der Waals surface area contributed by atoms with E-state index in [9.17, 15) is 18.0 Å². The molecule has 150 valence electrons. The molecule has 28 heavy (non-hydrogen) atoms. The number of anilines is 1. The quantitative estimate of drug-likeness (QED) is 0.705. The van der Waals surface area contributed by atoms with Gasteiger partial charge in [0.25, 0.3) is 0 Å². The molecule has 3 rings (SSSR count). The first-order valence-corrected chi connectivity index (χ1v) is 9.68. The molecule has 0 N–H and O–H groups in total. The van der Waals surface area contributed by atoms with Gasteiger partial charge in [0, 0.05) is 37.3 Å². The van der Waals surface area contributed by atoms with Crippen molar-refractivity contribution in [3.8, 4) is 5.75 Å². The third-order valence-electron chi connectivity index (χ3n) is 4.44. The minimum atomic E-state index is -4.39. The van der Waals surface area contributed by atoms with Gasteiger partial charge in [-0.1, -0.05) is 6.07 Å². The Balaban J connectivity index is 1.49. The normalized spacial score (nSPS) is 14.9. The Labute approximate surface area is 165 Å². The fraction of sp³-hybridized carbons (Fsp3) is 0.368. The van der Waals surface area contributed by atoms with Crippen LogP contribution < -0.4 is 9.64 Å². The lowest BCUT2D eigenvalue weighted by molar-refractivity contribution is -0.137. The lowest BCUT2D eigenvalue weighted by Gasteiger charge is -2.35. The number of carbonyl (C=O) groups excluding carboxylic acids is 1. The number of alkyl halides is 3. The highest BCUT2D eigenvalue weighted by atomic mass is 32.2. The van der Waals surface area contributed by atoms with E-state index in [2.05, 4.69) is 4.98 Å². The Morgan fingerprint density at radius 3 is 2.54 bits per heavy atom. The standard InChI is InChI=1S/C19H20F3N3O2S/c1-27-15-3-2-4-16(11-15)28-13-18(26)25-9-7-24(8-10-25)17-6-5-14(12-23-17)19(20,21)22/h2-6,11-12H,7-10,13H2,1H3. The van der Waals surface area contributed by atoms with E-state index in [1.54, 1.807) is 12.0 Å². The number of halogens is 3. The van der Waals surface area contributed by atoms with E-state index < -0.39 is 11.7 Å². The highest BCUT2D eigenvalue weighted by Gasteiger charge is 2.31. The average Bonchev–Trinajstić information content (AvgIpc) is 2.72. The first-order valence-electron chi connectivity index (χ1n) is 8.69. The van der Waals surface area contributed by atoms with Crippen molar-refractivity contribution in [1.29, 1.82) is 0 Å². The summed E-state index contributed by atoms with van der Waals surface area (Å²) in [6.07, 6.45) is -3.55. The summed E-state index contributed by atoms with van der Waals surface area (Å²) in [5.41, 5.74) is -0.764. The summed E-state index contributed by atoms with van der Waals surface area (Å²) >= 11 is 1.45. The van der Waals surface area contributed by atoms with Crippen LogP contribution in [0.15, 0.2) is 47.5 Å². The van der Waals surface area contributed by atoms with Crippen LogP contribution in [0, 0.1) is 0 Å². The van der Waals surface area contributed by atoms with E-state index >= 15 is 0 Å². The summed E-state index contributed by atoms with van der Waals surface area (Å²) in [5, 5.41) is 0. The molecule has 1 aliphatic rings. The molecule has 2 heterocycles. The SMILES string of the molecule is COc1cccc(SCC(=O)N2CCN(c3ccc(C(F)(F)F)cn3)CC2)c1. The van der Waals surface area contributed by atoms with Crippen molar-refractivity contribution in [1.82, 2.24) is 9.88 Å². The van der Waals surface area contributed by atoms with Crippen molar-refractivity contribution < 1.29 is 22.7 Å². The zero-order valence-corrected chi connectivity index (χ0v) is 16.1. The van der Waals surface area contributed by atoms with Crippen molar-refractivity contribution in [2.75, 3.05) is 43.9 Å². The van der Waals surface area contributed by atoms with Crippen molar-refractivity contribution in [2.24, 2.45) is 0 Å². The summed E-state index contributed by atoms with van der Waals surface area (Å²) in [5.74, 6) is 1.60. The monoisotopic (exact) mass is 411 g/mol. The second kappa shape index (κ2) is 8.72. The number of piperazine rings is 1. The molecule has 0 radical (unpaired) electrons. The van der Waals surface area contributed by atoms with E-state index in [0.29, 0.717) is 37.7 Å². The first-order chi connectivity index (χ1) is 13.4. The van der Waals surface area contributed by atoms with Gasteiger partial charge in [-0.2, -0.15) is 13.2 Å². The van der Waals surface area contributed by atoms with Crippen LogP contribution in [0.5, 0.6) is 5.75 Å². The number of thioether (sulfide) groups is 1. The van der Waals surface area contributed by atoms with Crippen molar-refractivity contribution in [3.05, 3.63) is 48.2 Å². The molecule has 0 bridgehead atoms. The number of methoxy groups -OCH3 is 1. The van der Waals surface area contributed by atoms with E-state index in [1.165, 1.54) is 17.8 Å². The lowest BCUT2D eigenvalue weighted by atomic mass is 10.2. The highest BCUT2D eigenvalue weighted by Crippen LogP contribution is 2.29. The topological polar surface area (TPSA) is 45.7 Å². The summed E-state index contributed by atoms with van der Waals surface area (Å²) in [6, 6.07) is 9.94. The average molecular weight is 411 g/mol. The number of aromatic nitrogens is 1. The third kappa shape index (κ3) is 5.09. The van der Waals surface area contributed by atoms with Gasteiger partial charge in [-0.3, -0.25) is 4.79 Å². The number of hydrogen-bond acceptors (Lipinski definition) is 5. The van der Waals surface area contributed by atoms with Gasteiger partial charge in [0.2, 0.25) is 5.91 Å². The molecule has 1 aromatic carbocycles. The Kier molecular flexibility index (Phi) is 6.33. The zero-order chi connectivity index (χ0) is 20.1. The number of nitrogens with zero attached hydrogens (tertiary/aromatic N) is 3. The molecule has 9 heteroatoms. The van der Waals surface area contributed by atoms with E-state index in [1.807, 2.05) is 29.2 Å². The van der Waals surface area contributed by atoms with Crippen molar-refractivity contribution >= 4 is 23.5 Å². The number of hydrogen-bond donors (Lipinski definition) is 0. The fourth-order valence-corrected chi connectivity index (χ4v) is 3.70. The molecule has 1 saturated heterocycles. The van der Waals surface area contributed by atoms with Crippen molar-refractivity contribution in [2.45, 2.75) is 11.1 Å². The number of carbonyl (C=O) groups is 1. The number of amides is 1. The molecule has 1 aromatic heterocycles. The molecule has 0 unspecified atom stereocenters. The molecule has 0 aliphatic carbocycles. The maximum absolute atomic E-state index is 12.6. The van der Waals surface area contributed by atoms with Gasteiger partial charge in [-0.15, -0.1) is 11.8 Å². The Bertz CT molecular complexity index is 807. The van der Waals surface area contributed by atoms with Crippen LogP contribution in [0.1, 0.15) is 5.56 Å². The van der Waals surface area contributed by atoms with Crippen LogP contribution in [-0.4, -0.2) is 54.8 Å². The zero-order valence-electron chi connectivity index (χ0n) is 15.3. The number of pyridine rings is 1. The highest BCUT2D eigenvalue weighted by molar-refractivity contribution is 8.00. The molecule has 0 atom stereocenters. The summed E-state index contributed by atoms with van der Waals surface area (Å²) in [4.78, 5) is 21.0. The number of rotatable bonds is 5. The summed E-state index contributed by atoms with van der Waals surface area (Å²) < 4.78 is 43.1. The largest absolute Gasteiger partial charge is 0.497 e. The fourth-order valence-electron chi connectivity index (χ4n) is 2.85. The molecular weight excluding hydrogens is 391 g/mol. The molecule has 5 nitrogen and oxygen atoms in total. The maximum Gasteiger partial charge on any atom is 0.417 e. The van der Waals surface area contributed by atoms with Gasteiger partial charge in [0.15, 0.2) is 0 Å². The van der Waals surface area contributed by atoms with Gasteiger partial charge in [-0.25, -0.2) is 4.98 Å². The van der Waals surface area contributed by atoms with Gasteiger partial charge in [-0.05, 0) is 30.3 Å². The molecule has 0 spiro atoms. The van der Waals surface area contributed by atoms with E-state index in [-0.39, 0.29) is 5.91 Å². The number of ether oxygens (including phenoxy) is 1. The first kappa shape index (κ1) is 20.3. The van der Waals surface area contributed by atoms with Crippen LogP contribution >= 0.6 is 11.8 Å². The minimum Gasteiger partial charge on any atom is -0.497 e. The Morgan fingerprint density at radius 2 is 1.93 bits per heavy atom. The predicted molar refractivity (Wildman–Crippen MR) is 102 cm³/mol. The van der Waals surface area contributed by atoms with Gasteiger partial charge in [0.05, 0.1) is 18.4 Å². The predicted octanol–water partition coefficient (Wildman–Crippen LogP) is 3.55. The second-order valence-electron chi connectivity index (χ2n) is 6.24. The minimum absolute atomic E-state index is 0.0350. The van der Waals surface area contributed by atoms with Crippen LogP contribution in [0.3, 0.4) is 0 Å². The van der Waals surface area contributed by atoms with Crippen LogP contribution in [-0.2, 0) is 11.0 Å². The lowest BCUT2D eigenvalue weighted by Crippen LogP contribution is -2.49. The molecular formula is C19H20F3N3O2S. The van der Waals surface area contributed by atoms with Gasteiger partial charge >= 0.3 is 6.18 Å². The van der Waals surface area contributed by atoms with Crippen LogP contribution in [0.25, 0.3) is 0 Å². The Morgan fingerprint density at radius 1 is 1.18 bits per heavy atom. The van der Waals surface area contributed by atoms with Crippen LogP contribution in [0.2, 0.25) is 0 Å².